The molecule has 1 unspecified atom stereocenters. The number of anilines is 1. The van der Waals surface area contributed by atoms with Crippen LogP contribution in [0, 0.1) is 0 Å². The van der Waals surface area contributed by atoms with Crippen LogP contribution in [0.1, 0.15) is 15.9 Å². The lowest BCUT2D eigenvalue weighted by atomic mass is 9.77. The van der Waals surface area contributed by atoms with Crippen molar-refractivity contribution in [1.82, 2.24) is 10.2 Å². The molecule has 0 bridgehead atoms. The number of rotatable bonds is 6. The number of nitrogens with zero attached hydrogens (tertiary/aromatic N) is 2. The van der Waals surface area contributed by atoms with Gasteiger partial charge in [-0.15, -0.1) is 10.2 Å². The predicted molar refractivity (Wildman–Crippen MR) is 94.4 cm³/mol. The van der Waals surface area contributed by atoms with Crippen molar-refractivity contribution >= 4 is 47.2 Å². The first-order valence-electron chi connectivity index (χ1n) is 7.25. The van der Waals surface area contributed by atoms with Gasteiger partial charge in [-0.2, -0.15) is 0 Å². The monoisotopic (exact) mass is 396 g/mol. The Balaban J connectivity index is 1.88. The van der Waals surface area contributed by atoms with Crippen molar-refractivity contribution in [3.63, 3.8) is 0 Å². The number of carbonyl (C=O) groups excluding carboxylic acids is 1. The zero-order valence-electron chi connectivity index (χ0n) is 13.1. The molecular formula is C13H13BN4O6S2. The van der Waals surface area contributed by atoms with Crippen molar-refractivity contribution in [2.45, 2.75) is 15.9 Å². The van der Waals surface area contributed by atoms with E-state index in [1.807, 2.05) is 0 Å². The number of ether oxygens (including phenoxy) is 1. The van der Waals surface area contributed by atoms with Crippen LogP contribution in [-0.4, -0.2) is 51.1 Å². The van der Waals surface area contributed by atoms with Gasteiger partial charge in [0.2, 0.25) is 5.13 Å². The van der Waals surface area contributed by atoms with Crippen LogP contribution in [0.2, 0.25) is 0 Å². The molecule has 6 N–H and O–H groups in total. The number of nitrogen functional groups attached to an aromatic ring is 1. The molecule has 0 saturated carbocycles. The number of nitrogens with two attached hydrogens (primary N) is 2. The molecular weight excluding hydrogens is 383 g/mol. The highest BCUT2D eigenvalue weighted by molar-refractivity contribution is 8.02. The fourth-order valence-corrected chi connectivity index (χ4v) is 4.33. The van der Waals surface area contributed by atoms with Gasteiger partial charge in [-0.1, -0.05) is 29.2 Å². The van der Waals surface area contributed by atoms with Crippen molar-refractivity contribution < 1.29 is 29.1 Å². The van der Waals surface area contributed by atoms with E-state index in [1.165, 1.54) is 29.2 Å². The first-order valence-corrected chi connectivity index (χ1v) is 8.95. The van der Waals surface area contributed by atoms with Crippen molar-refractivity contribution in [2.24, 2.45) is 5.73 Å². The molecule has 1 atom stereocenters. The van der Waals surface area contributed by atoms with E-state index in [0.29, 0.717) is 21.5 Å². The summed E-state index contributed by atoms with van der Waals surface area (Å²) in [7, 11) is -1.28. The molecule has 1 aromatic heterocycles. The number of carboxylic acid groups (broad SMARTS) is 1. The number of aromatic nitrogens is 2. The van der Waals surface area contributed by atoms with E-state index in [2.05, 4.69) is 10.2 Å². The van der Waals surface area contributed by atoms with Crippen LogP contribution >= 0.6 is 23.1 Å². The Labute approximate surface area is 155 Å². The molecule has 0 aliphatic carbocycles. The highest BCUT2D eigenvalue weighted by Gasteiger charge is 2.39. The minimum atomic E-state index is -1.31. The van der Waals surface area contributed by atoms with Crippen molar-refractivity contribution in [2.75, 3.05) is 12.3 Å². The van der Waals surface area contributed by atoms with Crippen molar-refractivity contribution in [3.8, 4) is 11.5 Å². The Bertz CT molecular complexity index is 863. The summed E-state index contributed by atoms with van der Waals surface area (Å²) in [6.45, 7) is -0.474. The van der Waals surface area contributed by atoms with Gasteiger partial charge >= 0.3 is 13.1 Å². The Morgan fingerprint density at radius 3 is 2.85 bits per heavy atom. The smallest absolute Gasteiger partial charge is 0.534 e. The van der Waals surface area contributed by atoms with Crippen LogP contribution in [0.3, 0.4) is 0 Å². The Morgan fingerprint density at radius 1 is 1.46 bits per heavy atom. The van der Waals surface area contributed by atoms with E-state index in [-0.39, 0.29) is 17.1 Å². The third-order valence-electron chi connectivity index (χ3n) is 3.44. The van der Waals surface area contributed by atoms with Gasteiger partial charge in [-0.3, -0.25) is 4.79 Å². The number of hydrogen-bond donors (Lipinski definition) is 4. The summed E-state index contributed by atoms with van der Waals surface area (Å²) in [6.07, 6.45) is 0.330. The largest absolute Gasteiger partial charge is 0.537 e. The highest BCUT2D eigenvalue weighted by Crippen LogP contribution is 2.40. The lowest BCUT2D eigenvalue weighted by Gasteiger charge is -2.28. The average molecular weight is 396 g/mol. The maximum Gasteiger partial charge on any atom is 0.537 e. The summed E-state index contributed by atoms with van der Waals surface area (Å²) in [4.78, 5) is 22.5. The van der Waals surface area contributed by atoms with Crippen LogP contribution in [-0.2, 0) is 11.2 Å². The average Bonchev–Trinajstić information content (AvgIpc) is 2.97. The molecule has 2 heterocycles. The normalized spacial score (nSPS) is 15.9. The number of fused-ring (bicyclic) bond motifs is 1. The molecule has 0 fully saturated rings. The Kier molecular flexibility index (Phi) is 5.20. The van der Waals surface area contributed by atoms with Gasteiger partial charge in [-0.25, -0.2) is 4.79 Å². The third-order valence-corrected chi connectivity index (χ3v) is 5.51. The van der Waals surface area contributed by atoms with Crippen LogP contribution in [0.4, 0.5) is 5.13 Å². The van der Waals surface area contributed by atoms with Gasteiger partial charge in [-0.05, 0) is 18.1 Å². The van der Waals surface area contributed by atoms with Crippen molar-refractivity contribution in [1.29, 1.82) is 0 Å². The quantitative estimate of drug-likeness (QED) is 0.479. The molecule has 3 rings (SSSR count). The summed E-state index contributed by atoms with van der Waals surface area (Å²) in [5.41, 5.74) is 10.9. The van der Waals surface area contributed by atoms with Gasteiger partial charge in [0.25, 0.3) is 5.91 Å². The first kappa shape index (κ1) is 18.3. The summed E-state index contributed by atoms with van der Waals surface area (Å²) in [5, 5.41) is 27.2. The van der Waals surface area contributed by atoms with Gasteiger partial charge < -0.3 is 31.0 Å². The summed E-state index contributed by atoms with van der Waals surface area (Å²) < 4.78 is 11.1. The Hall–Kier alpha value is -2.51. The van der Waals surface area contributed by atoms with Crippen molar-refractivity contribution in [3.05, 3.63) is 23.3 Å². The molecule has 1 amide bonds. The highest BCUT2D eigenvalue weighted by atomic mass is 32.2. The lowest BCUT2D eigenvalue weighted by molar-refractivity contribution is -0.119. The SMILES string of the molecule is NC(=O)COc1ccc2c(c1C(=O)O)OB(O)C(Sc1nnc(N)s1)C2. The second kappa shape index (κ2) is 7.39. The van der Waals surface area contributed by atoms with Gasteiger partial charge in [0.1, 0.15) is 17.1 Å². The zero-order chi connectivity index (χ0) is 18.8. The predicted octanol–water partition coefficient (Wildman–Crippen LogP) is -0.202. The number of primary amides is 1. The van der Waals surface area contributed by atoms with Crippen LogP contribution in [0.5, 0.6) is 11.5 Å². The Morgan fingerprint density at radius 2 is 2.23 bits per heavy atom. The fourth-order valence-electron chi connectivity index (χ4n) is 2.39. The number of amides is 1. The molecule has 1 aliphatic rings. The number of thioether (sulfide) groups is 1. The van der Waals surface area contributed by atoms with Gasteiger partial charge in [0.15, 0.2) is 10.9 Å². The zero-order valence-corrected chi connectivity index (χ0v) is 14.7. The molecule has 136 valence electrons. The standard InChI is InChI=1S/C13H13BN4O6S2/c15-8(19)4-23-6-2-1-5-3-7(25-13-18-17-12(16)26-13)14(22)24-10(5)9(6)11(20)21/h1-2,7,22H,3-4H2,(H2,15,19)(H2,16,17)(H,20,21). The minimum absolute atomic E-state index is 0.000554. The first-order chi connectivity index (χ1) is 12.3. The summed E-state index contributed by atoms with van der Waals surface area (Å²) in [6, 6.07) is 3.04. The minimum Gasteiger partial charge on any atom is -0.534 e. The maximum absolute atomic E-state index is 11.6. The molecule has 2 aromatic rings. The summed E-state index contributed by atoms with van der Waals surface area (Å²) >= 11 is 2.42. The molecule has 0 spiro atoms. The van der Waals surface area contributed by atoms with E-state index in [9.17, 15) is 19.7 Å². The molecule has 10 nitrogen and oxygen atoms in total. The number of carbonyl (C=O) groups is 2. The van der Waals surface area contributed by atoms with Gasteiger partial charge in [0.05, 0.1) is 5.15 Å². The number of benzene rings is 1. The molecule has 0 radical (unpaired) electrons. The fraction of sp³-hybridized carbons (Fsp3) is 0.231. The molecule has 1 aliphatic heterocycles. The number of hydrogen-bond acceptors (Lipinski definition) is 10. The summed E-state index contributed by atoms with van der Waals surface area (Å²) in [5.74, 6) is -2.12. The topological polar surface area (TPSA) is 171 Å². The second-order valence-electron chi connectivity index (χ2n) is 5.26. The van der Waals surface area contributed by atoms with E-state index in [0.717, 1.165) is 0 Å². The van der Waals surface area contributed by atoms with E-state index in [4.69, 9.17) is 20.9 Å². The molecule has 0 saturated heterocycles. The van der Waals surface area contributed by atoms with Crippen LogP contribution in [0.25, 0.3) is 0 Å². The van der Waals surface area contributed by atoms with E-state index < -0.39 is 30.8 Å². The van der Waals surface area contributed by atoms with E-state index in [1.54, 1.807) is 6.07 Å². The van der Waals surface area contributed by atoms with Gasteiger partial charge in [0, 0.05) is 0 Å². The second-order valence-corrected chi connectivity index (χ2v) is 7.76. The molecule has 1 aromatic carbocycles. The van der Waals surface area contributed by atoms with E-state index >= 15 is 0 Å². The molecule has 13 heteroatoms. The number of carboxylic acids is 1. The maximum atomic E-state index is 11.6. The van der Waals surface area contributed by atoms with Crippen LogP contribution < -0.4 is 20.9 Å². The van der Waals surface area contributed by atoms with Crippen LogP contribution in [0.15, 0.2) is 16.5 Å². The molecule has 26 heavy (non-hydrogen) atoms. The third kappa shape index (κ3) is 3.84. The number of aromatic carboxylic acids is 1. The lowest BCUT2D eigenvalue weighted by Crippen LogP contribution is -2.40.